The Bertz CT molecular complexity index is 172. The van der Waals surface area contributed by atoms with E-state index in [9.17, 15) is 0 Å². The number of piperidine rings is 1. The van der Waals surface area contributed by atoms with E-state index >= 15 is 0 Å². The molecular formula is C14H30N2. The van der Waals surface area contributed by atoms with Crippen molar-refractivity contribution in [2.24, 2.45) is 11.8 Å². The highest BCUT2D eigenvalue weighted by atomic mass is 15.2. The fraction of sp³-hybridized carbons (Fsp3) is 1.00. The molecule has 1 saturated heterocycles. The molecule has 0 amide bonds. The molecule has 1 N–H and O–H groups in total. The number of hydrogen-bond acceptors (Lipinski definition) is 2. The minimum Gasteiger partial charge on any atom is -0.319 e. The van der Waals surface area contributed by atoms with Crippen molar-refractivity contribution in [3.63, 3.8) is 0 Å². The van der Waals surface area contributed by atoms with E-state index in [-0.39, 0.29) is 0 Å². The first-order valence-electron chi connectivity index (χ1n) is 7.02. The van der Waals surface area contributed by atoms with Crippen LogP contribution in [-0.2, 0) is 0 Å². The summed E-state index contributed by atoms with van der Waals surface area (Å²) < 4.78 is 0. The zero-order valence-corrected chi connectivity index (χ0v) is 11.6. The first-order valence-corrected chi connectivity index (χ1v) is 7.02. The van der Waals surface area contributed by atoms with Crippen molar-refractivity contribution < 1.29 is 0 Å². The van der Waals surface area contributed by atoms with Gasteiger partial charge in [-0.05, 0) is 71.1 Å². The summed E-state index contributed by atoms with van der Waals surface area (Å²) in [5, 5.41) is 3.30. The molecular weight excluding hydrogens is 196 g/mol. The number of rotatable bonds is 6. The molecule has 1 atom stereocenters. The normalized spacial score (nSPS) is 21.6. The van der Waals surface area contributed by atoms with Crippen LogP contribution in [0.1, 0.15) is 46.5 Å². The van der Waals surface area contributed by atoms with Crippen LogP contribution in [0.3, 0.4) is 0 Å². The topological polar surface area (TPSA) is 15.3 Å². The van der Waals surface area contributed by atoms with Gasteiger partial charge in [-0.2, -0.15) is 0 Å². The molecule has 1 fully saturated rings. The van der Waals surface area contributed by atoms with E-state index < -0.39 is 0 Å². The standard InChI is InChI=1S/C14H30N2/c1-12(2)5-6-13(3)16-9-7-14(8-10-16)11-15-4/h12-15H,5-11H2,1-4H3. The zero-order valence-electron chi connectivity index (χ0n) is 11.6. The average Bonchev–Trinajstić information content (AvgIpc) is 2.27. The Hall–Kier alpha value is -0.0800. The second kappa shape index (κ2) is 7.29. The molecule has 96 valence electrons. The lowest BCUT2D eigenvalue weighted by Crippen LogP contribution is -2.41. The Labute approximate surface area is 102 Å². The van der Waals surface area contributed by atoms with Gasteiger partial charge in [-0.15, -0.1) is 0 Å². The molecule has 1 aliphatic heterocycles. The molecule has 0 aromatic carbocycles. The van der Waals surface area contributed by atoms with Crippen molar-refractivity contribution in [1.82, 2.24) is 10.2 Å². The van der Waals surface area contributed by atoms with Crippen molar-refractivity contribution in [3.8, 4) is 0 Å². The first kappa shape index (κ1) is 14.0. The largest absolute Gasteiger partial charge is 0.319 e. The summed E-state index contributed by atoms with van der Waals surface area (Å²) >= 11 is 0. The lowest BCUT2D eigenvalue weighted by molar-refractivity contribution is 0.131. The summed E-state index contributed by atoms with van der Waals surface area (Å²) in [5.74, 6) is 1.77. The Balaban J connectivity index is 2.19. The third-order valence-corrected chi connectivity index (χ3v) is 3.93. The van der Waals surface area contributed by atoms with E-state index in [1.165, 1.54) is 45.3 Å². The van der Waals surface area contributed by atoms with Gasteiger partial charge < -0.3 is 10.2 Å². The maximum atomic E-state index is 3.30. The Morgan fingerprint density at radius 2 is 1.75 bits per heavy atom. The molecule has 0 saturated carbocycles. The Kier molecular flexibility index (Phi) is 6.37. The van der Waals surface area contributed by atoms with E-state index in [0.29, 0.717) is 0 Å². The van der Waals surface area contributed by atoms with Crippen LogP contribution in [-0.4, -0.2) is 37.6 Å². The molecule has 2 nitrogen and oxygen atoms in total. The number of nitrogens with one attached hydrogen (secondary N) is 1. The zero-order chi connectivity index (χ0) is 12.0. The van der Waals surface area contributed by atoms with Gasteiger partial charge in [0.05, 0.1) is 0 Å². The molecule has 1 heterocycles. The van der Waals surface area contributed by atoms with Crippen LogP contribution >= 0.6 is 0 Å². The molecule has 16 heavy (non-hydrogen) atoms. The fourth-order valence-corrected chi connectivity index (χ4v) is 2.64. The Morgan fingerprint density at radius 1 is 1.12 bits per heavy atom. The Morgan fingerprint density at radius 3 is 2.25 bits per heavy atom. The second-order valence-electron chi connectivity index (χ2n) is 5.86. The maximum absolute atomic E-state index is 3.30. The second-order valence-corrected chi connectivity index (χ2v) is 5.86. The smallest absolute Gasteiger partial charge is 0.00670 e. The van der Waals surface area contributed by atoms with E-state index in [0.717, 1.165) is 17.9 Å². The number of hydrogen-bond donors (Lipinski definition) is 1. The van der Waals surface area contributed by atoms with Gasteiger partial charge in [0.2, 0.25) is 0 Å². The van der Waals surface area contributed by atoms with Gasteiger partial charge in [0.15, 0.2) is 0 Å². The van der Waals surface area contributed by atoms with Crippen molar-refractivity contribution in [2.75, 3.05) is 26.7 Å². The highest BCUT2D eigenvalue weighted by Gasteiger charge is 2.21. The molecule has 0 aromatic rings. The van der Waals surface area contributed by atoms with Crippen LogP contribution in [0.15, 0.2) is 0 Å². The molecule has 1 unspecified atom stereocenters. The third-order valence-electron chi connectivity index (χ3n) is 3.93. The lowest BCUT2D eigenvalue weighted by Gasteiger charge is -2.36. The van der Waals surface area contributed by atoms with Gasteiger partial charge in [0.1, 0.15) is 0 Å². The number of likely N-dealkylation sites (tertiary alicyclic amines) is 1. The first-order chi connectivity index (χ1) is 7.63. The monoisotopic (exact) mass is 226 g/mol. The molecule has 0 bridgehead atoms. The summed E-state index contributed by atoms with van der Waals surface area (Å²) in [5.41, 5.74) is 0. The average molecular weight is 226 g/mol. The lowest BCUT2D eigenvalue weighted by atomic mass is 9.94. The van der Waals surface area contributed by atoms with E-state index in [2.05, 4.69) is 38.0 Å². The van der Waals surface area contributed by atoms with Crippen LogP contribution < -0.4 is 5.32 Å². The molecule has 0 aliphatic carbocycles. The van der Waals surface area contributed by atoms with Crippen LogP contribution in [0.25, 0.3) is 0 Å². The van der Waals surface area contributed by atoms with Crippen LogP contribution in [0.4, 0.5) is 0 Å². The quantitative estimate of drug-likeness (QED) is 0.749. The van der Waals surface area contributed by atoms with Gasteiger partial charge in [0, 0.05) is 6.04 Å². The highest BCUT2D eigenvalue weighted by Crippen LogP contribution is 2.20. The van der Waals surface area contributed by atoms with Gasteiger partial charge in [0.25, 0.3) is 0 Å². The summed E-state index contributed by atoms with van der Waals surface area (Å²) in [6, 6.07) is 0.790. The molecule has 0 spiro atoms. The maximum Gasteiger partial charge on any atom is 0.00670 e. The van der Waals surface area contributed by atoms with Crippen LogP contribution in [0.2, 0.25) is 0 Å². The predicted molar refractivity (Wildman–Crippen MR) is 71.8 cm³/mol. The molecule has 0 radical (unpaired) electrons. The van der Waals surface area contributed by atoms with Gasteiger partial charge in [-0.25, -0.2) is 0 Å². The summed E-state index contributed by atoms with van der Waals surface area (Å²) in [6.07, 6.45) is 5.51. The van der Waals surface area contributed by atoms with E-state index in [1.54, 1.807) is 0 Å². The molecule has 1 aliphatic rings. The van der Waals surface area contributed by atoms with Crippen LogP contribution in [0, 0.1) is 11.8 Å². The summed E-state index contributed by atoms with van der Waals surface area (Å²) in [6.45, 7) is 10.9. The third kappa shape index (κ3) is 4.84. The number of nitrogens with zero attached hydrogens (tertiary/aromatic N) is 1. The van der Waals surface area contributed by atoms with Crippen molar-refractivity contribution in [3.05, 3.63) is 0 Å². The minimum atomic E-state index is 0.790. The molecule has 2 heteroatoms. The van der Waals surface area contributed by atoms with Crippen molar-refractivity contribution in [1.29, 1.82) is 0 Å². The van der Waals surface area contributed by atoms with Crippen LogP contribution in [0.5, 0.6) is 0 Å². The predicted octanol–water partition coefficient (Wildman–Crippen LogP) is 2.74. The van der Waals surface area contributed by atoms with E-state index in [1.807, 2.05) is 0 Å². The SMILES string of the molecule is CNCC1CCN(C(C)CCC(C)C)CC1. The fourth-order valence-electron chi connectivity index (χ4n) is 2.64. The van der Waals surface area contributed by atoms with Gasteiger partial charge >= 0.3 is 0 Å². The van der Waals surface area contributed by atoms with Crippen molar-refractivity contribution >= 4 is 0 Å². The van der Waals surface area contributed by atoms with Gasteiger partial charge in [-0.3, -0.25) is 0 Å². The summed E-state index contributed by atoms with van der Waals surface area (Å²) in [7, 11) is 2.07. The molecule has 1 rings (SSSR count). The van der Waals surface area contributed by atoms with E-state index in [4.69, 9.17) is 0 Å². The summed E-state index contributed by atoms with van der Waals surface area (Å²) in [4.78, 5) is 2.69. The molecule has 0 aromatic heterocycles. The minimum absolute atomic E-state index is 0.790. The highest BCUT2D eigenvalue weighted by molar-refractivity contribution is 4.77. The van der Waals surface area contributed by atoms with Gasteiger partial charge in [-0.1, -0.05) is 13.8 Å². The van der Waals surface area contributed by atoms with Crippen molar-refractivity contribution in [2.45, 2.75) is 52.5 Å².